The summed E-state index contributed by atoms with van der Waals surface area (Å²) in [6.45, 7) is 3.96. The number of hydrogen-bond acceptors (Lipinski definition) is 4. The van der Waals surface area contributed by atoms with Crippen LogP contribution in [0.3, 0.4) is 0 Å². The number of nitrogens with one attached hydrogen (secondary N) is 2. The van der Waals surface area contributed by atoms with Crippen LogP contribution in [-0.2, 0) is 14.8 Å². The van der Waals surface area contributed by atoms with E-state index in [0.717, 1.165) is 32.3 Å². The molecule has 4 N–H and O–H groups in total. The summed E-state index contributed by atoms with van der Waals surface area (Å²) in [5.74, 6) is 0.264. The van der Waals surface area contributed by atoms with E-state index in [1.807, 2.05) is 6.92 Å². The summed E-state index contributed by atoms with van der Waals surface area (Å²) < 4.78 is 31.6. The fourth-order valence-electron chi connectivity index (χ4n) is 1.86. The topological polar surface area (TPSA) is 106 Å². The monoisotopic (exact) mass is 434 g/mol. The van der Waals surface area contributed by atoms with Crippen molar-refractivity contribution in [2.45, 2.75) is 38.7 Å². The Morgan fingerprint density at radius 3 is 2.81 bits per heavy atom. The first-order valence-corrected chi connectivity index (χ1v) is 8.81. The zero-order chi connectivity index (χ0) is 14.8. The molecule has 0 amide bonds. The molecule has 126 valence electrons. The molecule has 0 radical (unpaired) electrons. The number of guanidine groups is 1. The molecule has 0 aromatic carbocycles. The van der Waals surface area contributed by atoms with Crippen molar-refractivity contribution in [3.8, 4) is 0 Å². The number of rotatable bonds is 8. The van der Waals surface area contributed by atoms with Crippen molar-refractivity contribution in [2.75, 3.05) is 32.0 Å². The van der Waals surface area contributed by atoms with Crippen LogP contribution in [0.4, 0.5) is 0 Å². The molecule has 0 bridgehead atoms. The standard InChI is InChI=1S/C12H26N4O3S.HI/c1-2-6-14-12(13)15-7-9-20(17,18)16-10-11-5-3-4-8-19-11;/h11,16H,2-10H2,1H3,(H3,13,14,15);1H. The zero-order valence-corrected chi connectivity index (χ0v) is 15.7. The highest BCUT2D eigenvalue weighted by atomic mass is 127. The van der Waals surface area contributed by atoms with Crippen molar-refractivity contribution in [1.29, 1.82) is 0 Å². The van der Waals surface area contributed by atoms with Gasteiger partial charge in [-0.1, -0.05) is 6.92 Å². The maximum Gasteiger partial charge on any atom is 0.213 e. The zero-order valence-electron chi connectivity index (χ0n) is 12.5. The van der Waals surface area contributed by atoms with Gasteiger partial charge in [0.05, 0.1) is 11.9 Å². The van der Waals surface area contributed by atoms with Gasteiger partial charge >= 0.3 is 0 Å². The predicted octanol–water partition coefficient (Wildman–Crippen LogP) is 0.407. The normalized spacial score (nSPS) is 19.9. The molecule has 21 heavy (non-hydrogen) atoms. The second kappa shape index (κ2) is 11.4. The van der Waals surface area contributed by atoms with Gasteiger partial charge in [-0.25, -0.2) is 13.1 Å². The predicted molar refractivity (Wildman–Crippen MR) is 95.6 cm³/mol. The third-order valence-electron chi connectivity index (χ3n) is 2.99. The van der Waals surface area contributed by atoms with Crippen LogP contribution in [0.2, 0.25) is 0 Å². The van der Waals surface area contributed by atoms with Gasteiger partial charge in [0.25, 0.3) is 0 Å². The number of ether oxygens (including phenoxy) is 1. The van der Waals surface area contributed by atoms with E-state index in [9.17, 15) is 8.42 Å². The average molecular weight is 434 g/mol. The van der Waals surface area contributed by atoms with Crippen LogP contribution in [0.5, 0.6) is 0 Å². The van der Waals surface area contributed by atoms with E-state index in [1.54, 1.807) is 0 Å². The maximum atomic E-state index is 11.8. The number of nitrogens with zero attached hydrogens (tertiary/aromatic N) is 1. The molecule has 0 aromatic rings. The molecule has 0 aromatic heterocycles. The minimum absolute atomic E-state index is 0. The Morgan fingerprint density at radius 1 is 1.43 bits per heavy atom. The van der Waals surface area contributed by atoms with Crippen LogP contribution in [0.25, 0.3) is 0 Å². The largest absolute Gasteiger partial charge is 0.377 e. The molecule has 1 aliphatic heterocycles. The van der Waals surface area contributed by atoms with Gasteiger partial charge in [-0.3, -0.25) is 4.99 Å². The Kier molecular flexibility index (Phi) is 11.4. The number of aliphatic imine (C=N–C) groups is 1. The molecular weight excluding hydrogens is 407 g/mol. The Hall–Kier alpha value is -0.130. The van der Waals surface area contributed by atoms with Crippen LogP contribution < -0.4 is 15.8 Å². The summed E-state index contributed by atoms with van der Waals surface area (Å²) >= 11 is 0. The van der Waals surface area contributed by atoms with Crippen molar-refractivity contribution in [1.82, 2.24) is 10.0 Å². The first-order valence-electron chi connectivity index (χ1n) is 7.16. The molecule has 0 saturated carbocycles. The SMILES string of the molecule is CCCN=C(N)NCCS(=O)(=O)NCC1CCCCO1.I. The van der Waals surface area contributed by atoms with Gasteiger partial charge in [0.1, 0.15) is 0 Å². The number of halogens is 1. The first kappa shape index (κ1) is 20.9. The average Bonchev–Trinajstić information content (AvgIpc) is 2.44. The van der Waals surface area contributed by atoms with Crippen LogP contribution in [0.1, 0.15) is 32.6 Å². The van der Waals surface area contributed by atoms with Gasteiger partial charge in [-0.2, -0.15) is 0 Å². The lowest BCUT2D eigenvalue weighted by Crippen LogP contribution is -2.40. The van der Waals surface area contributed by atoms with Gasteiger partial charge in [0.15, 0.2) is 5.96 Å². The Morgan fingerprint density at radius 2 is 2.19 bits per heavy atom. The summed E-state index contributed by atoms with van der Waals surface area (Å²) in [4.78, 5) is 4.03. The minimum atomic E-state index is -3.30. The summed E-state index contributed by atoms with van der Waals surface area (Å²) in [6.07, 6.45) is 3.98. The highest BCUT2D eigenvalue weighted by Crippen LogP contribution is 2.11. The lowest BCUT2D eigenvalue weighted by Gasteiger charge is -2.22. The molecule has 1 atom stereocenters. The molecule has 7 nitrogen and oxygen atoms in total. The van der Waals surface area contributed by atoms with Crippen LogP contribution in [0, 0.1) is 0 Å². The molecule has 1 aliphatic rings. The lowest BCUT2D eigenvalue weighted by atomic mass is 10.1. The summed E-state index contributed by atoms with van der Waals surface area (Å²) in [6, 6.07) is 0. The second-order valence-electron chi connectivity index (χ2n) is 4.85. The summed E-state index contributed by atoms with van der Waals surface area (Å²) in [5, 5.41) is 2.79. The highest BCUT2D eigenvalue weighted by Gasteiger charge is 2.17. The minimum Gasteiger partial charge on any atom is -0.377 e. The number of nitrogens with two attached hydrogens (primary N) is 1. The van der Waals surface area contributed by atoms with Crippen LogP contribution >= 0.6 is 24.0 Å². The van der Waals surface area contributed by atoms with E-state index in [-0.39, 0.29) is 48.3 Å². The van der Waals surface area contributed by atoms with Gasteiger partial charge in [-0.05, 0) is 25.7 Å². The smallest absolute Gasteiger partial charge is 0.213 e. The molecule has 1 rings (SSSR count). The summed E-state index contributed by atoms with van der Waals surface area (Å²) in [5.41, 5.74) is 5.58. The second-order valence-corrected chi connectivity index (χ2v) is 6.78. The lowest BCUT2D eigenvalue weighted by molar-refractivity contribution is 0.0200. The highest BCUT2D eigenvalue weighted by molar-refractivity contribution is 14.0. The molecular formula is C12H27IN4O3S. The fourth-order valence-corrected chi connectivity index (χ4v) is 2.82. The molecule has 1 unspecified atom stereocenters. The molecule has 1 heterocycles. The van der Waals surface area contributed by atoms with E-state index in [4.69, 9.17) is 10.5 Å². The van der Waals surface area contributed by atoms with Crippen LogP contribution in [-0.4, -0.2) is 52.5 Å². The van der Waals surface area contributed by atoms with E-state index < -0.39 is 10.0 Å². The van der Waals surface area contributed by atoms with Gasteiger partial charge in [0.2, 0.25) is 10.0 Å². The van der Waals surface area contributed by atoms with E-state index in [1.165, 1.54) is 0 Å². The van der Waals surface area contributed by atoms with Crippen molar-refractivity contribution >= 4 is 40.0 Å². The fraction of sp³-hybridized carbons (Fsp3) is 0.917. The molecule has 1 fully saturated rings. The van der Waals surface area contributed by atoms with Gasteiger partial charge in [0, 0.05) is 26.2 Å². The van der Waals surface area contributed by atoms with E-state index >= 15 is 0 Å². The molecule has 0 spiro atoms. The van der Waals surface area contributed by atoms with Crippen LogP contribution in [0.15, 0.2) is 4.99 Å². The number of hydrogen-bond donors (Lipinski definition) is 3. The molecule has 9 heteroatoms. The first-order chi connectivity index (χ1) is 9.53. The molecule has 0 aliphatic carbocycles. The quantitative estimate of drug-likeness (QED) is 0.292. The van der Waals surface area contributed by atoms with E-state index in [2.05, 4.69) is 15.0 Å². The molecule has 1 saturated heterocycles. The summed E-state index contributed by atoms with van der Waals surface area (Å²) in [7, 11) is -3.30. The van der Waals surface area contributed by atoms with Gasteiger partial charge in [-0.15, -0.1) is 24.0 Å². The van der Waals surface area contributed by atoms with Crippen molar-refractivity contribution in [3.05, 3.63) is 0 Å². The van der Waals surface area contributed by atoms with Crippen molar-refractivity contribution in [2.24, 2.45) is 10.7 Å². The Labute approximate surface area is 144 Å². The number of sulfonamides is 1. The third kappa shape index (κ3) is 10.3. The van der Waals surface area contributed by atoms with E-state index in [0.29, 0.717) is 13.1 Å². The van der Waals surface area contributed by atoms with Crippen molar-refractivity contribution in [3.63, 3.8) is 0 Å². The third-order valence-corrected chi connectivity index (χ3v) is 4.34. The maximum absolute atomic E-state index is 11.8. The van der Waals surface area contributed by atoms with Crippen molar-refractivity contribution < 1.29 is 13.2 Å². The Bertz CT molecular complexity index is 397. The Balaban J connectivity index is 0.00000400. The van der Waals surface area contributed by atoms with Gasteiger partial charge < -0.3 is 15.8 Å².